The van der Waals surface area contributed by atoms with Gasteiger partial charge in [0.05, 0.1) is 16.8 Å². The maximum absolute atomic E-state index is 11.3. The van der Waals surface area contributed by atoms with Gasteiger partial charge in [-0.15, -0.1) is 11.6 Å². The second-order valence-electron chi connectivity index (χ2n) is 4.70. The van der Waals surface area contributed by atoms with Crippen molar-refractivity contribution in [2.24, 2.45) is 0 Å². The summed E-state index contributed by atoms with van der Waals surface area (Å²) >= 11 is 11.5. The Labute approximate surface area is 123 Å². The SMILES string of the molecule is O=C(CCl)Nc1cc(OC2CCCCC2)ccc1Cl. The minimum atomic E-state index is -0.279. The van der Waals surface area contributed by atoms with Gasteiger partial charge in [0.15, 0.2) is 0 Å². The smallest absolute Gasteiger partial charge is 0.239 e. The van der Waals surface area contributed by atoms with Crippen LogP contribution in [0.3, 0.4) is 0 Å². The summed E-state index contributed by atoms with van der Waals surface area (Å²) in [7, 11) is 0. The molecule has 19 heavy (non-hydrogen) atoms. The molecule has 0 spiro atoms. The average molecular weight is 302 g/mol. The zero-order valence-electron chi connectivity index (χ0n) is 10.6. The van der Waals surface area contributed by atoms with E-state index in [0.717, 1.165) is 18.6 Å². The summed E-state index contributed by atoms with van der Waals surface area (Å²) in [5.41, 5.74) is 0.542. The van der Waals surface area contributed by atoms with Gasteiger partial charge in [0.2, 0.25) is 5.91 Å². The van der Waals surface area contributed by atoms with Crippen LogP contribution in [0.5, 0.6) is 5.75 Å². The zero-order valence-corrected chi connectivity index (χ0v) is 12.1. The van der Waals surface area contributed by atoms with E-state index in [1.54, 1.807) is 12.1 Å². The summed E-state index contributed by atoms with van der Waals surface area (Å²) in [5.74, 6) is 0.365. The van der Waals surface area contributed by atoms with Crippen molar-refractivity contribution in [2.75, 3.05) is 11.2 Å². The van der Waals surface area contributed by atoms with E-state index in [0.29, 0.717) is 10.7 Å². The largest absolute Gasteiger partial charge is 0.490 e. The van der Waals surface area contributed by atoms with E-state index in [1.165, 1.54) is 19.3 Å². The van der Waals surface area contributed by atoms with Crippen LogP contribution in [0.25, 0.3) is 0 Å². The monoisotopic (exact) mass is 301 g/mol. The van der Waals surface area contributed by atoms with Crippen LogP contribution < -0.4 is 10.1 Å². The van der Waals surface area contributed by atoms with E-state index in [1.807, 2.05) is 6.07 Å². The van der Waals surface area contributed by atoms with Crippen LogP contribution in [-0.2, 0) is 4.79 Å². The normalized spacial score (nSPS) is 16.1. The molecule has 0 radical (unpaired) electrons. The number of benzene rings is 1. The van der Waals surface area contributed by atoms with Crippen LogP contribution in [0.1, 0.15) is 32.1 Å². The molecule has 1 aromatic rings. The summed E-state index contributed by atoms with van der Waals surface area (Å²) in [6.07, 6.45) is 6.17. The van der Waals surface area contributed by atoms with Gasteiger partial charge in [-0.1, -0.05) is 18.0 Å². The Morgan fingerprint density at radius 1 is 1.32 bits per heavy atom. The third-order valence-corrected chi connectivity index (χ3v) is 3.76. The standard InChI is InChI=1S/C14H17Cl2NO2/c15-9-14(18)17-13-8-11(6-7-12(13)16)19-10-4-2-1-3-5-10/h6-8,10H,1-5,9H2,(H,17,18). The summed E-state index contributed by atoms with van der Waals surface area (Å²) in [4.78, 5) is 11.3. The summed E-state index contributed by atoms with van der Waals surface area (Å²) < 4.78 is 5.92. The fourth-order valence-electron chi connectivity index (χ4n) is 2.23. The van der Waals surface area contributed by atoms with Gasteiger partial charge in [-0.3, -0.25) is 4.79 Å². The van der Waals surface area contributed by atoms with Gasteiger partial charge in [-0.25, -0.2) is 0 Å². The van der Waals surface area contributed by atoms with Crippen LogP contribution in [0.2, 0.25) is 5.02 Å². The predicted octanol–water partition coefficient (Wildman–Crippen LogP) is 4.23. The first-order valence-corrected chi connectivity index (χ1v) is 7.42. The Morgan fingerprint density at radius 3 is 2.74 bits per heavy atom. The summed E-state index contributed by atoms with van der Waals surface area (Å²) in [6.45, 7) is 0. The van der Waals surface area contributed by atoms with Crippen molar-refractivity contribution in [3.05, 3.63) is 23.2 Å². The van der Waals surface area contributed by atoms with Crippen molar-refractivity contribution in [3.63, 3.8) is 0 Å². The first-order valence-electron chi connectivity index (χ1n) is 6.51. The molecular formula is C14H17Cl2NO2. The number of alkyl halides is 1. The minimum Gasteiger partial charge on any atom is -0.490 e. The van der Waals surface area contributed by atoms with Crippen LogP contribution >= 0.6 is 23.2 Å². The first-order chi connectivity index (χ1) is 9.19. The minimum absolute atomic E-state index is 0.0932. The molecule has 1 N–H and O–H groups in total. The number of halogens is 2. The molecule has 104 valence electrons. The van der Waals surface area contributed by atoms with E-state index in [9.17, 15) is 4.79 Å². The molecule has 0 bridgehead atoms. The molecule has 1 aliphatic rings. The number of carbonyl (C=O) groups is 1. The number of hydrogen-bond acceptors (Lipinski definition) is 2. The van der Waals surface area contributed by atoms with E-state index in [-0.39, 0.29) is 17.9 Å². The van der Waals surface area contributed by atoms with Crippen molar-refractivity contribution >= 4 is 34.8 Å². The predicted molar refractivity (Wildman–Crippen MR) is 78.3 cm³/mol. The first kappa shape index (κ1) is 14.5. The summed E-state index contributed by atoms with van der Waals surface area (Å²) in [5, 5.41) is 3.14. The number of amides is 1. The number of ether oxygens (including phenoxy) is 1. The molecule has 1 amide bonds. The molecule has 1 aliphatic carbocycles. The third kappa shape index (κ3) is 4.29. The number of anilines is 1. The van der Waals surface area contributed by atoms with E-state index in [2.05, 4.69) is 5.32 Å². The van der Waals surface area contributed by atoms with Gasteiger partial charge < -0.3 is 10.1 Å². The Bertz CT molecular complexity index is 445. The maximum atomic E-state index is 11.3. The van der Waals surface area contributed by atoms with Crippen LogP contribution in [0.15, 0.2) is 18.2 Å². The lowest BCUT2D eigenvalue weighted by Crippen LogP contribution is -2.19. The van der Waals surface area contributed by atoms with Gasteiger partial charge in [0.1, 0.15) is 11.6 Å². The highest BCUT2D eigenvalue weighted by molar-refractivity contribution is 6.34. The molecule has 1 fully saturated rings. The lowest BCUT2D eigenvalue weighted by Gasteiger charge is -2.23. The van der Waals surface area contributed by atoms with Crippen LogP contribution in [0.4, 0.5) is 5.69 Å². The summed E-state index contributed by atoms with van der Waals surface area (Å²) in [6, 6.07) is 5.30. The van der Waals surface area contributed by atoms with Gasteiger partial charge in [0, 0.05) is 6.07 Å². The van der Waals surface area contributed by atoms with Crippen molar-refractivity contribution in [2.45, 2.75) is 38.2 Å². The van der Waals surface area contributed by atoms with E-state index < -0.39 is 0 Å². The lowest BCUT2D eigenvalue weighted by molar-refractivity contribution is -0.113. The number of rotatable bonds is 4. The second kappa shape index (κ2) is 7.01. The highest BCUT2D eigenvalue weighted by Gasteiger charge is 2.15. The quantitative estimate of drug-likeness (QED) is 0.845. The zero-order chi connectivity index (χ0) is 13.7. The van der Waals surface area contributed by atoms with Crippen molar-refractivity contribution in [3.8, 4) is 5.75 Å². The van der Waals surface area contributed by atoms with Crippen LogP contribution in [-0.4, -0.2) is 17.9 Å². The van der Waals surface area contributed by atoms with Gasteiger partial charge in [-0.05, 0) is 37.8 Å². The fraction of sp³-hybridized carbons (Fsp3) is 0.500. The molecule has 0 atom stereocenters. The van der Waals surface area contributed by atoms with Gasteiger partial charge >= 0.3 is 0 Å². The fourth-order valence-corrected chi connectivity index (χ4v) is 2.46. The highest BCUT2D eigenvalue weighted by atomic mass is 35.5. The third-order valence-electron chi connectivity index (χ3n) is 3.19. The molecule has 1 aromatic carbocycles. The molecule has 3 nitrogen and oxygen atoms in total. The van der Waals surface area contributed by atoms with Crippen LogP contribution in [0, 0.1) is 0 Å². The number of carbonyl (C=O) groups excluding carboxylic acids is 1. The molecule has 0 heterocycles. The van der Waals surface area contributed by atoms with E-state index >= 15 is 0 Å². The molecule has 0 saturated heterocycles. The molecule has 5 heteroatoms. The molecule has 0 aromatic heterocycles. The molecule has 0 unspecified atom stereocenters. The molecule has 2 rings (SSSR count). The Kier molecular flexibility index (Phi) is 5.34. The second-order valence-corrected chi connectivity index (χ2v) is 5.38. The molecule has 1 saturated carbocycles. The van der Waals surface area contributed by atoms with Gasteiger partial charge in [-0.2, -0.15) is 0 Å². The Morgan fingerprint density at radius 2 is 2.05 bits per heavy atom. The molecule has 0 aliphatic heterocycles. The van der Waals surface area contributed by atoms with Crippen molar-refractivity contribution < 1.29 is 9.53 Å². The number of hydrogen-bond donors (Lipinski definition) is 1. The topological polar surface area (TPSA) is 38.3 Å². The van der Waals surface area contributed by atoms with Crippen molar-refractivity contribution in [1.82, 2.24) is 0 Å². The average Bonchev–Trinajstić information content (AvgIpc) is 2.43. The number of nitrogens with one attached hydrogen (secondary N) is 1. The van der Waals surface area contributed by atoms with Gasteiger partial charge in [0.25, 0.3) is 0 Å². The van der Waals surface area contributed by atoms with E-state index in [4.69, 9.17) is 27.9 Å². The van der Waals surface area contributed by atoms with Crippen molar-refractivity contribution in [1.29, 1.82) is 0 Å². The Hall–Kier alpha value is -0.930. The molecular weight excluding hydrogens is 285 g/mol. The highest BCUT2D eigenvalue weighted by Crippen LogP contribution is 2.29. The lowest BCUT2D eigenvalue weighted by atomic mass is 9.98. The maximum Gasteiger partial charge on any atom is 0.239 e. The Balaban J connectivity index is 2.04.